The van der Waals surface area contributed by atoms with Crippen LogP contribution < -0.4 is 0 Å². The van der Waals surface area contributed by atoms with Crippen LogP contribution in [0, 0.1) is 7.43 Å². The molecule has 0 amide bonds. The smallest absolute Gasteiger partial charge is 0.339 e. The van der Waals surface area contributed by atoms with E-state index in [1.54, 1.807) is 12.1 Å². The summed E-state index contributed by atoms with van der Waals surface area (Å²) in [5.41, 5.74) is 2.24. The van der Waals surface area contributed by atoms with E-state index < -0.39 is 11.9 Å². The van der Waals surface area contributed by atoms with Crippen molar-refractivity contribution in [2.75, 3.05) is 0 Å². The molecule has 0 saturated heterocycles. The molecule has 0 saturated carbocycles. The Hall–Kier alpha value is -2.49. The van der Waals surface area contributed by atoms with E-state index in [-0.39, 0.29) is 69.1 Å². The average Bonchev–Trinajstić information content (AvgIpc) is 2.64. The van der Waals surface area contributed by atoms with Crippen LogP contribution >= 0.6 is 0 Å². The molecular weight excluding hydrogens is 520 g/mol. The van der Waals surface area contributed by atoms with Gasteiger partial charge in [0, 0.05) is 28.5 Å². The van der Waals surface area contributed by atoms with Crippen molar-refractivity contribution in [2.24, 2.45) is 0 Å². The molecule has 0 heterocycles. The second kappa shape index (κ2) is 12.6. The molecule has 0 aliphatic heterocycles. The maximum absolute atomic E-state index is 11.2. The van der Waals surface area contributed by atoms with Crippen LogP contribution in [0.1, 0.15) is 126 Å². The first-order chi connectivity index (χ1) is 15.9. The fourth-order valence-electron chi connectivity index (χ4n) is 3.60. The molecule has 6 nitrogen and oxygen atoms in total. The summed E-state index contributed by atoms with van der Waals surface area (Å²) in [5, 5.41) is 38.6. The van der Waals surface area contributed by atoms with Crippen LogP contribution in [0.15, 0.2) is 24.3 Å². The maximum Gasteiger partial charge on any atom is 0.339 e. The van der Waals surface area contributed by atoms with Crippen LogP contribution in [0.4, 0.5) is 0 Å². The number of benzene rings is 2. The minimum absolute atomic E-state index is 0. The van der Waals surface area contributed by atoms with Gasteiger partial charge in [0.05, 0.1) is 0 Å². The van der Waals surface area contributed by atoms with Crippen LogP contribution in [0.2, 0.25) is 0 Å². The van der Waals surface area contributed by atoms with Gasteiger partial charge in [-0.2, -0.15) is 0 Å². The van der Waals surface area contributed by atoms with Crippen LogP contribution in [-0.4, -0.2) is 32.4 Å². The Morgan fingerprint density at radius 3 is 0.921 bits per heavy atom. The molecule has 0 aliphatic rings. The van der Waals surface area contributed by atoms with E-state index in [1.165, 1.54) is 0 Å². The molecule has 2 aromatic carbocycles. The number of hydrogen-bond acceptors (Lipinski definition) is 4. The van der Waals surface area contributed by atoms with E-state index in [0.717, 1.165) is 11.1 Å². The Balaban J connectivity index is 0. The number of aromatic carboxylic acids is 2. The fourth-order valence-corrected chi connectivity index (χ4v) is 3.60. The molecule has 2 aromatic rings. The SMILES string of the molecule is CC(C)(C)c1cc(C(=O)O)c(O)c(C(C)(C)C)c1.CC(C)(C)c1cc(C(=O)O)c(O)c(C(C)(C)C)c1.[CH3-].[Cr]. The number of rotatable bonds is 2. The predicted octanol–water partition coefficient (Wildman–Crippen LogP) is 7.82. The van der Waals surface area contributed by atoms with Crippen molar-refractivity contribution in [3.8, 4) is 11.5 Å². The van der Waals surface area contributed by atoms with Gasteiger partial charge in [-0.3, -0.25) is 0 Å². The van der Waals surface area contributed by atoms with Gasteiger partial charge in [0.25, 0.3) is 0 Å². The van der Waals surface area contributed by atoms with Gasteiger partial charge >= 0.3 is 11.9 Å². The van der Waals surface area contributed by atoms with Gasteiger partial charge in [-0.05, 0) is 44.9 Å². The van der Waals surface area contributed by atoms with Gasteiger partial charge < -0.3 is 27.9 Å². The molecule has 0 unspecified atom stereocenters. The summed E-state index contributed by atoms with van der Waals surface area (Å²) < 4.78 is 0. The van der Waals surface area contributed by atoms with Gasteiger partial charge in [-0.1, -0.05) is 95.2 Å². The van der Waals surface area contributed by atoms with Crippen molar-refractivity contribution < 1.29 is 47.4 Å². The first kappa shape index (κ1) is 37.7. The molecule has 0 radical (unpaired) electrons. The number of carbonyl (C=O) groups is 2. The topological polar surface area (TPSA) is 115 Å². The molecule has 7 heteroatoms. The first-order valence-electron chi connectivity index (χ1n) is 12.1. The molecule has 0 bridgehead atoms. The number of carboxylic acids is 2. The Kier molecular flexibility index (Phi) is 12.5. The first-order valence-corrected chi connectivity index (χ1v) is 12.1. The van der Waals surface area contributed by atoms with Crippen LogP contribution in [0.3, 0.4) is 0 Å². The van der Waals surface area contributed by atoms with Crippen LogP contribution in [0.25, 0.3) is 0 Å². The molecule has 0 aliphatic carbocycles. The van der Waals surface area contributed by atoms with Crippen molar-refractivity contribution in [3.63, 3.8) is 0 Å². The molecule has 2 rings (SSSR count). The van der Waals surface area contributed by atoms with E-state index in [4.69, 9.17) is 0 Å². The Bertz CT molecular complexity index is 1050. The summed E-state index contributed by atoms with van der Waals surface area (Å²) in [6.07, 6.45) is 0. The van der Waals surface area contributed by atoms with Crippen molar-refractivity contribution in [2.45, 2.75) is 105 Å². The molecule has 214 valence electrons. The third-order valence-electron chi connectivity index (χ3n) is 6.03. The minimum Gasteiger partial charge on any atom is -0.507 e. The Morgan fingerprint density at radius 2 is 0.763 bits per heavy atom. The molecule has 38 heavy (non-hydrogen) atoms. The summed E-state index contributed by atoms with van der Waals surface area (Å²) in [6.45, 7) is 23.9. The van der Waals surface area contributed by atoms with Gasteiger partial charge in [0.15, 0.2) is 0 Å². The normalized spacial score (nSPS) is 11.9. The third-order valence-corrected chi connectivity index (χ3v) is 6.03. The Labute approximate surface area is 240 Å². The van der Waals surface area contributed by atoms with Crippen molar-refractivity contribution in [3.05, 3.63) is 65.1 Å². The van der Waals surface area contributed by atoms with Gasteiger partial charge in [-0.25, -0.2) is 9.59 Å². The van der Waals surface area contributed by atoms with E-state index >= 15 is 0 Å². The largest absolute Gasteiger partial charge is 0.507 e. The number of carboxylic acid groups (broad SMARTS) is 2. The zero-order valence-electron chi connectivity index (χ0n) is 25.3. The van der Waals surface area contributed by atoms with Gasteiger partial charge in [-0.15, -0.1) is 0 Å². The molecule has 0 aromatic heterocycles. The summed E-state index contributed by atoms with van der Waals surface area (Å²) in [5.74, 6) is -2.43. The third kappa shape index (κ3) is 9.36. The Morgan fingerprint density at radius 1 is 0.526 bits per heavy atom. The fraction of sp³-hybridized carbons (Fsp3) is 0.516. The van der Waals surface area contributed by atoms with Crippen LogP contribution in [0.5, 0.6) is 11.5 Å². The molecule has 4 N–H and O–H groups in total. The van der Waals surface area contributed by atoms with E-state index in [9.17, 15) is 30.0 Å². The zero-order valence-corrected chi connectivity index (χ0v) is 26.6. The van der Waals surface area contributed by atoms with Crippen molar-refractivity contribution >= 4 is 11.9 Å². The molecule has 0 fully saturated rings. The van der Waals surface area contributed by atoms with Crippen LogP contribution in [-0.2, 0) is 39.0 Å². The summed E-state index contributed by atoms with van der Waals surface area (Å²) in [6, 6.07) is 6.93. The standard InChI is InChI=1S/2C15H22O3.CH3.Cr/c2*1-14(2,3)9-7-10(13(17)18)12(16)11(8-9)15(4,5)6;;/h2*7-8,16H,1-6H3,(H,17,18);1H3;/q;;-1;. The van der Waals surface area contributed by atoms with E-state index in [1.807, 2.05) is 95.2 Å². The number of aromatic hydroxyl groups is 2. The predicted molar refractivity (Wildman–Crippen MR) is 151 cm³/mol. The molecule has 0 spiro atoms. The number of phenols is 2. The monoisotopic (exact) mass is 567 g/mol. The summed E-state index contributed by atoms with van der Waals surface area (Å²) in [4.78, 5) is 22.4. The van der Waals surface area contributed by atoms with E-state index in [2.05, 4.69) is 0 Å². The molecular formula is C31H47CrO6-. The quantitative estimate of drug-likeness (QED) is 0.275. The second-order valence-electron chi connectivity index (χ2n) is 13.5. The summed E-state index contributed by atoms with van der Waals surface area (Å²) >= 11 is 0. The number of hydrogen-bond donors (Lipinski definition) is 4. The minimum atomic E-state index is -1.09. The summed E-state index contributed by atoms with van der Waals surface area (Å²) in [7, 11) is 0. The van der Waals surface area contributed by atoms with Crippen molar-refractivity contribution in [1.82, 2.24) is 0 Å². The zero-order chi connectivity index (χ0) is 28.6. The second-order valence-corrected chi connectivity index (χ2v) is 13.5. The average molecular weight is 568 g/mol. The van der Waals surface area contributed by atoms with Gasteiger partial charge in [0.2, 0.25) is 0 Å². The van der Waals surface area contributed by atoms with Gasteiger partial charge in [0.1, 0.15) is 22.6 Å². The molecule has 0 atom stereocenters. The van der Waals surface area contributed by atoms with E-state index in [0.29, 0.717) is 11.1 Å². The maximum atomic E-state index is 11.2. The van der Waals surface area contributed by atoms with Crippen molar-refractivity contribution in [1.29, 1.82) is 0 Å².